The molecule has 2 aliphatic rings. The zero-order valence-corrected chi connectivity index (χ0v) is 13.8. The van der Waals surface area contributed by atoms with E-state index in [4.69, 9.17) is 5.73 Å². The maximum Gasteiger partial charge on any atom is 0.220 e. The number of fused-ring (bicyclic) bond motifs is 2. The summed E-state index contributed by atoms with van der Waals surface area (Å²) in [6, 6.07) is 7.05. The predicted molar refractivity (Wildman–Crippen MR) is 89.4 cm³/mol. The van der Waals surface area contributed by atoms with Crippen molar-refractivity contribution in [3.63, 3.8) is 0 Å². The molecule has 3 rings (SSSR count). The Kier molecular flexibility index (Phi) is 5.00. The normalized spacial score (nSPS) is 31.4. The van der Waals surface area contributed by atoms with Crippen molar-refractivity contribution >= 4 is 5.91 Å². The van der Waals surface area contributed by atoms with Gasteiger partial charge in [-0.15, -0.1) is 0 Å². The van der Waals surface area contributed by atoms with E-state index in [1.807, 2.05) is 6.92 Å². The van der Waals surface area contributed by atoms with Crippen molar-refractivity contribution in [2.45, 2.75) is 63.5 Å². The van der Waals surface area contributed by atoms with Gasteiger partial charge in [0.2, 0.25) is 5.91 Å². The number of halogens is 1. The van der Waals surface area contributed by atoms with E-state index in [-0.39, 0.29) is 17.6 Å². The fraction of sp³-hybridized carbons (Fsp3) is 0.632. The van der Waals surface area contributed by atoms with Crippen LogP contribution in [0.15, 0.2) is 24.3 Å². The van der Waals surface area contributed by atoms with Gasteiger partial charge in [-0.1, -0.05) is 25.5 Å². The maximum atomic E-state index is 13.0. The molecule has 0 heterocycles. The quantitative estimate of drug-likeness (QED) is 0.894. The molecule has 2 fully saturated rings. The number of carbonyl (C=O) groups excluding carboxylic acids is 1. The van der Waals surface area contributed by atoms with Crippen molar-refractivity contribution in [3.8, 4) is 0 Å². The number of amides is 1. The van der Waals surface area contributed by atoms with Crippen LogP contribution in [-0.4, -0.2) is 18.0 Å². The molecule has 2 saturated carbocycles. The van der Waals surface area contributed by atoms with Crippen LogP contribution in [0.3, 0.4) is 0 Å². The summed E-state index contributed by atoms with van der Waals surface area (Å²) in [6.45, 7) is 2.02. The Labute approximate surface area is 137 Å². The van der Waals surface area contributed by atoms with E-state index in [2.05, 4.69) is 5.32 Å². The first-order chi connectivity index (χ1) is 11.0. The van der Waals surface area contributed by atoms with Crippen LogP contribution >= 0.6 is 0 Å². The molecule has 2 aliphatic carbocycles. The summed E-state index contributed by atoms with van der Waals surface area (Å²) in [6.07, 6.45) is 6.16. The van der Waals surface area contributed by atoms with E-state index in [0.717, 1.165) is 18.4 Å². The van der Waals surface area contributed by atoms with E-state index < -0.39 is 0 Å². The number of nitrogens with one attached hydrogen (secondary N) is 1. The maximum absolute atomic E-state index is 13.0. The first-order valence-electron chi connectivity index (χ1n) is 8.83. The van der Waals surface area contributed by atoms with Gasteiger partial charge in [-0.25, -0.2) is 4.39 Å². The van der Waals surface area contributed by atoms with Gasteiger partial charge in [-0.3, -0.25) is 4.79 Å². The summed E-state index contributed by atoms with van der Waals surface area (Å²) < 4.78 is 13.0. The zero-order valence-electron chi connectivity index (χ0n) is 13.8. The SMILES string of the molecule is CC(CC(=O)NC1C2CCCC1CC(N)C2)c1ccc(F)cc1. The topological polar surface area (TPSA) is 55.1 Å². The molecule has 2 bridgehead atoms. The third-order valence-electron chi connectivity index (χ3n) is 5.63. The lowest BCUT2D eigenvalue weighted by Gasteiger charge is -2.45. The van der Waals surface area contributed by atoms with Gasteiger partial charge in [-0.05, 0) is 61.1 Å². The molecule has 1 aromatic carbocycles. The standard InChI is InChI=1S/C19H27FN2O/c1-12(13-5-7-16(20)8-6-13)9-18(23)22-19-14-3-2-4-15(19)11-17(21)10-14/h5-8,12,14-15,17,19H,2-4,9-11,21H2,1H3,(H,22,23). The second-order valence-corrected chi connectivity index (χ2v) is 7.43. The Morgan fingerprint density at radius 1 is 1.26 bits per heavy atom. The van der Waals surface area contributed by atoms with Crippen molar-refractivity contribution in [2.24, 2.45) is 17.6 Å². The molecule has 0 aliphatic heterocycles. The number of carbonyl (C=O) groups is 1. The summed E-state index contributed by atoms with van der Waals surface area (Å²) in [7, 11) is 0. The fourth-order valence-corrected chi connectivity index (χ4v) is 4.46. The first-order valence-corrected chi connectivity index (χ1v) is 8.83. The van der Waals surface area contributed by atoms with E-state index in [9.17, 15) is 9.18 Å². The highest BCUT2D eigenvalue weighted by Crippen LogP contribution is 2.39. The van der Waals surface area contributed by atoms with Crippen molar-refractivity contribution in [1.82, 2.24) is 5.32 Å². The van der Waals surface area contributed by atoms with Crippen LogP contribution in [0, 0.1) is 17.7 Å². The highest BCUT2D eigenvalue weighted by atomic mass is 19.1. The Morgan fingerprint density at radius 3 is 2.48 bits per heavy atom. The van der Waals surface area contributed by atoms with Gasteiger partial charge in [0, 0.05) is 18.5 Å². The lowest BCUT2D eigenvalue weighted by Crippen LogP contribution is -2.53. The van der Waals surface area contributed by atoms with Crippen molar-refractivity contribution in [2.75, 3.05) is 0 Å². The largest absolute Gasteiger partial charge is 0.353 e. The van der Waals surface area contributed by atoms with E-state index >= 15 is 0 Å². The Hall–Kier alpha value is -1.42. The minimum absolute atomic E-state index is 0.0984. The third-order valence-corrected chi connectivity index (χ3v) is 5.63. The van der Waals surface area contributed by atoms with Crippen LogP contribution in [0.5, 0.6) is 0 Å². The van der Waals surface area contributed by atoms with Gasteiger partial charge in [0.25, 0.3) is 0 Å². The van der Waals surface area contributed by atoms with Gasteiger partial charge < -0.3 is 11.1 Å². The van der Waals surface area contributed by atoms with Gasteiger partial charge in [0.05, 0.1) is 0 Å². The van der Waals surface area contributed by atoms with Crippen molar-refractivity contribution in [3.05, 3.63) is 35.6 Å². The highest BCUT2D eigenvalue weighted by molar-refractivity contribution is 5.77. The molecular weight excluding hydrogens is 291 g/mol. The summed E-state index contributed by atoms with van der Waals surface area (Å²) in [5.74, 6) is 1.06. The number of hydrogen-bond acceptors (Lipinski definition) is 2. The first kappa shape index (κ1) is 16.4. The predicted octanol–water partition coefficient (Wildman–Crippen LogP) is 3.34. The molecule has 0 aromatic heterocycles. The Balaban J connectivity index is 1.57. The number of rotatable bonds is 4. The molecule has 3 unspecified atom stereocenters. The molecule has 4 heteroatoms. The molecule has 23 heavy (non-hydrogen) atoms. The summed E-state index contributed by atoms with van der Waals surface area (Å²) in [5, 5.41) is 3.28. The minimum Gasteiger partial charge on any atom is -0.353 e. The Morgan fingerprint density at radius 2 is 1.87 bits per heavy atom. The molecular formula is C19H27FN2O. The van der Waals surface area contributed by atoms with Crippen LogP contribution in [0.2, 0.25) is 0 Å². The van der Waals surface area contributed by atoms with Gasteiger partial charge >= 0.3 is 0 Å². The molecule has 1 amide bonds. The van der Waals surface area contributed by atoms with Crippen LogP contribution in [0.1, 0.15) is 56.9 Å². The van der Waals surface area contributed by atoms with E-state index in [1.54, 1.807) is 12.1 Å². The van der Waals surface area contributed by atoms with Gasteiger partial charge in [0.1, 0.15) is 5.82 Å². The molecule has 0 radical (unpaired) electrons. The van der Waals surface area contributed by atoms with Crippen LogP contribution < -0.4 is 11.1 Å². The fourth-order valence-electron chi connectivity index (χ4n) is 4.46. The van der Waals surface area contributed by atoms with Gasteiger partial charge in [0.15, 0.2) is 0 Å². The molecule has 3 N–H and O–H groups in total. The van der Waals surface area contributed by atoms with E-state index in [0.29, 0.717) is 30.3 Å². The summed E-state index contributed by atoms with van der Waals surface area (Å²) in [4.78, 5) is 12.5. The third kappa shape index (κ3) is 3.92. The van der Waals surface area contributed by atoms with Crippen LogP contribution in [0.25, 0.3) is 0 Å². The number of nitrogens with two attached hydrogens (primary N) is 1. The second kappa shape index (κ2) is 7.00. The monoisotopic (exact) mass is 318 g/mol. The molecule has 0 saturated heterocycles. The van der Waals surface area contributed by atoms with E-state index in [1.165, 1.54) is 31.4 Å². The second-order valence-electron chi connectivity index (χ2n) is 7.43. The molecule has 3 nitrogen and oxygen atoms in total. The number of hydrogen-bond donors (Lipinski definition) is 2. The van der Waals surface area contributed by atoms with Gasteiger partial charge in [-0.2, -0.15) is 0 Å². The molecule has 1 aromatic rings. The molecule has 126 valence electrons. The number of benzene rings is 1. The Bertz CT molecular complexity index is 531. The highest BCUT2D eigenvalue weighted by Gasteiger charge is 2.39. The average Bonchev–Trinajstić information content (AvgIpc) is 2.48. The smallest absolute Gasteiger partial charge is 0.220 e. The van der Waals surface area contributed by atoms with Crippen molar-refractivity contribution in [1.29, 1.82) is 0 Å². The van der Waals surface area contributed by atoms with Crippen LogP contribution in [-0.2, 0) is 4.79 Å². The minimum atomic E-state index is -0.239. The lowest BCUT2D eigenvalue weighted by atomic mass is 9.67. The lowest BCUT2D eigenvalue weighted by molar-refractivity contribution is -0.123. The van der Waals surface area contributed by atoms with Crippen LogP contribution in [0.4, 0.5) is 4.39 Å². The summed E-state index contributed by atoms with van der Waals surface area (Å²) >= 11 is 0. The molecule has 3 atom stereocenters. The molecule has 0 spiro atoms. The zero-order chi connectivity index (χ0) is 16.4. The average molecular weight is 318 g/mol. The van der Waals surface area contributed by atoms with Crippen molar-refractivity contribution < 1.29 is 9.18 Å². The summed E-state index contributed by atoms with van der Waals surface area (Å²) in [5.41, 5.74) is 7.15.